The van der Waals surface area contributed by atoms with Gasteiger partial charge < -0.3 is 21.7 Å². The Hall–Kier alpha value is -2.29. The fourth-order valence-corrected chi connectivity index (χ4v) is 7.21. The van der Waals surface area contributed by atoms with E-state index in [1.54, 1.807) is 0 Å². The third-order valence-corrected chi connectivity index (χ3v) is 8.79. The van der Waals surface area contributed by atoms with E-state index in [4.69, 9.17) is 0 Å². The van der Waals surface area contributed by atoms with Crippen LogP contribution >= 0.6 is 7.26 Å². The highest BCUT2D eigenvalue weighted by atomic mass is 79.9. The highest BCUT2D eigenvalue weighted by Gasteiger charge is 2.44. The van der Waals surface area contributed by atoms with Crippen LogP contribution in [-0.4, -0.2) is 19.2 Å². The molecule has 3 aromatic rings. The number of halogens is 2. The van der Waals surface area contributed by atoms with Crippen LogP contribution in [0, 0.1) is 0 Å². The van der Waals surface area contributed by atoms with Crippen molar-refractivity contribution in [3.8, 4) is 0 Å². The van der Waals surface area contributed by atoms with E-state index in [0.717, 1.165) is 15.9 Å². The molecule has 0 amide bonds. The van der Waals surface area contributed by atoms with Crippen LogP contribution in [0.3, 0.4) is 0 Å². The van der Waals surface area contributed by atoms with E-state index in [-0.39, 0.29) is 17.0 Å². The van der Waals surface area contributed by atoms with Crippen molar-refractivity contribution in [1.29, 1.82) is 0 Å². The maximum Gasteiger partial charge on any atom is 0.366 e. The topological polar surface area (TPSA) is 26.3 Å². The summed E-state index contributed by atoms with van der Waals surface area (Å²) in [4.78, 5) is 11.6. The Kier molecular flexibility index (Phi) is 8.10. The molecule has 0 unspecified atom stereocenters. The van der Waals surface area contributed by atoms with Crippen molar-refractivity contribution in [3.63, 3.8) is 0 Å². The molecule has 0 radical (unpaired) electrons. The lowest BCUT2D eigenvalue weighted by Crippen LogP contribution is -3.00. The summed E-state index contributed by atoms with van der Waals surface area (Å²) in [5.74, 6) is -1.80. The van der Waals surface area contributed by atoms with Gasteiger partial charge in [-0.3, -0.25) is 0 Å². The van der Waals surface area contributed by atoms with Crippen LogP contribution in [0.25, 0.3) is 0 Å². The third kappa shape index (κ3) is 4.57. The smallest absolute Gasteiger partial charge is 0.366 e. The molecule has 0 saturated heterocycles. The van der Waals surface area contributed by atoms with Gasteiger partial charge in [-0.15, -0.1) is 0 Å². The molecule has 0 aliphatic carbocycles. The van der Waals surface area contributed by atoms with E-state index >= 15 is 0 Å². The van der Waals surface area contributed by atoms with Crippen molar-refractivity contribution in [2.24, 2.45) is 0 Å². The molecule has 0 aromatic heterocycles. The minimum Gasteiger partial charge on any atom is -1.00 e. The van der Waals surface area contributed by atoms with E-state index in [1.165, 1.54) is 13.2 Å². The first-order valence-corrected chi connectivity index (χ1v) is 10.6. The normalized spacial score (nSPS) is 11.4. The Bertz CT molecular complexity index is 818. The van der Waals surface area contributed by atoms with Crippen LogP contribution in [0.15, 0.2) is 103 Å². The van der Waals surface area contributed by atoms with Gasteiger partial charge in [0.2, 0.25) is 5.83 Å². The second-order valence-corrected chi connectivity index (χ2v) is 9.58. The van der Waals surface area contributed by atoms with Crippen molar-refractivity contribution in [2.45, 2.75) is 0 Å². The van der Waals surface area contributed by atoms with Crippen LogP contribution in [0.1, 0.15) is 0 Å². The van der Waals surface area contributed by atoms with Gasteiger partial charge in [-0.2, -0.15) is 4.39 Å². The molecule has 0 spiro atoms. The quantitative estimate of drug-likeness (QED) is 0.313. The summed E-state index contributed by atoms with van der Waals surface area (Å²) in [6.45, 7) is 0. The van der Waals surface area contributed by atoms with Crippen molar-refractivity contribution >= 4 is 29.1 Å². The molecule has 28 heavy (non-hydrogen) atoms. The van der Waals surface area contributed by atoms with Gasteiger partial charge in [0, 0.05) is 0 Å². The Morgan fingerprint density at radius 3 is 1.50 bits per heavy atom. The van der Waals surface area contributed by atoms with E-state index < -0.39 is 19.1 Å². The molecule has 0 saturated carbocycles. The molecule has 3 aromatic carbocycles. The molecule has 0 aliphatic rings. The summed E-state index contributed by atoms with van der Waals surface area (Å²) >= 11 is 0. The number of carbonyl (C=O) groups excluding carboxylic acids is 1. The Morgan fingerprint density at radius 2 is 1.18 bits per heavy atom. The maximum atomic E-state index is 14.3. The van der Waals surface area contributed by atoms with Crippen LogP contribution in [0.4, 0.5) is 4.39 Å². The minimum absolute atomic E-state index is 0. The van der Waals surface area contributed by atoms with Crippen molar-refractivity contribution in [2.75, 3.05) is 13.3 Å². The first-order chi connectivity index (χ1) is 13.2. The van der Waals surface area contributed by atoms with Gasteiger partial charge in [-0.1, -0.05) is 54.6 Å². The summed E-state index contributed by atoms with van der Waals surface area (Å²) in [5.41, 5.74) is 0. The number of carbonyl (C=O) groups is 1. The molecule has 3 rings (SSSR count). The average Bonchev–Trinajstić information content (AvgIpc) is 2.75. The molecule has 0 bridgehead atoms. The van der Waals surface area contributed by atoms with Crippen molar-refractivity contribution in [3.05, 3.63) is 103 Å². The molecule has 0 fully saturated rings. The molecule has 0 heterocycles. The lowest BCUT2D eigenvalue weighted by atomic mass is 10.4. The van der Waals surface area contributed by atoms with Gasteiger partial charge >= 0.3 is 5.97 Å². The van der Waals surface area contributed by atoms with Crippen LogP contribution in [-0.2, 0) is 9.53 Å². The predicted molar refractivity (Wildman–Crippen MR) is 111 cm³/mol. The molecular formula is C23H21BrFO2P. The summed E-state index contributed by atoms with van der Waals surface area (Å²) < 4.78 is 18.8. The first-order valence-electron chi connectivity index (χ1n) is 8.67. The summed E-state index contributed by atoms with van der Waals surface area (Å²) in [7, 11) is -0.997. The van der Waals surface area contributed by atoms with Crippen LogP contribution < -0.4 is 32.9 Å². The second kappa shape index (κ2) is 10.3. The SMILES string of the molecule is COC(=O)/C(F)=C/C[P+](c1ccccc1)(c1ccccc1)c1ccccc1.[Br-]. The van der Waals surface area contributed by atoms with Crippen LogP contribution in [0.5, 0.6) is 0 Å². The Morgan fingerprint density at radius 1 is 0.821 bits per heavy atom. The van der Waals surface area contributed by atoms with Gasteiger partial charge in [0.1, 0.15) is 23.2 Å². The number of ether oxygens (including phenoxy) is 1. The number of esters is 1. The van der Waals surface area contributed by atoms with Crippen LogP contribution in [0.2, 0.25) is 0 Å². The molecule has 2 nitrogen and oxygen atoms in total. The zero-order valence-corrected chi connectivity index (χ0v) is 17.9. The number of hydrogen-bond acceptors (Lipinski definition) is 2. The first kappa shape index (κ1) is 22.0. The number of hydrogen-bond donors (Lipinski definition) is 0. The number of allylic oxidation sites excluding steroid dienone is 1. The fourth-order valence-electron chi connectivity index (χ4n) is 3.21. The molecule has 0 atom stereocenters. The van der Waals surface area contributed by atoms with Crippen molar-refractivity contribution in [1.82, 2.24) is 0 Å². The largest absolute Gasteiger partial charge is 1.00 e. The molecule has 0 N–H and O–H groups in total. The Balaban J connectivity index is 0.00000280. The predicted octanol–water partition coefficient (Wildman–Crippen LogP) is 1.01. The van der Waals surface area contributed by atoms with Gasteiger partial charge in [-0.05, 0) is 42.5 Å². The average molecular weight is 459 g/mol. The van der Waals surface area contributed by atoms with E-state index in [1.807, 2.05) is 54.6 Å². The molecular weight excluding hydrogens is 438 g/mol. The van der Waals surface area contributed by atoms with Gasteiger partial charge in [0.05, 0.1) is 13.3 Å². The van der Waals surface area contributed by atoms with Crippen molar-refractivity contribution < 1.29 is 30.9 Å². The highest BCUT2D eigenvalue weighted by Crippen LogP contribution is 2.55. The summed E-state index contributed by atoms with van der Waals surface area (Å²) in [6, 6.07) is 30.4. The number of methoxy groups -OCH3 is 1. The van der Waals surface area contributed by atoms with Gasteiger partial charge in [0.15, 0.2) is 0 Å². The fraction of sp³-hybridized carbons (Fsp3) is 0.0870. The highest BCUT2D eigenvalue weighted by molar-refractivity contribution is 7.95. The third-order valence-electron chi connectivity index (χ3n) is 4.52. The van der Waals surface area contributed by atoms with E-state index in [0.29, 0.717) is 6.16 Å². The number of rotatable bonds is 6. The van der Waals surface area contributed by atoms with Gasteiger partial charge in [-0.25, -0.2) is 4.79 Å². The summed E-state index contributed by atoms with van der Waals surface area (Å²) in [5, 5.41) is 3.41. The standard InChI is InChI=1S/C23H21FO2P.BrH/c1-26-23(25)22(24)17-18-27(19-11-5-2-6-12-19,20-13-7-3-8-14-20)21-15-9-4-10-16-21;/h2-17H,18H2,1H3;1H/q+1;/p-1/b22-17-;. The minimum atomic E-state index is -2.18. The second-order valence-electron chi connectivity index (χ2n) is 6.04. The van der Waals surface area contributed by atoms with E-state index in [2.05, 4.69) is 41.1 Å². The molecule has 144 valence electrons. The lowest BCUT2D eigenvalue weighted by molar-refractivity contribution is -0.137. The monoisotopic (exact) mass is 458 g/mol. The summed E-state index contributed by atoms with van der Waals surface area (Å²) in [6.07, 6.45) is 1.76. The number of benzene rings is 3. The molecule has 0 aliphatic heterocycles. The van der Waals surface area contributed by atoms with E-state index in [9.17, 15) is 9.18 Å². The lowest BCUT2D eigenvalue weighted by Gasteiger charge is -2.26. The maximum absolute atomic E-state index is 14.3. The zero-order chi connectivity index (χ0) is 19.1. The zero-order valence-electron chi connectivity index (χ0n) is 15.5. The Labute approximate surface area is 176 Å². The van der Waals surface area contributed by atoms with Gasteiger partial charge in [0.25, 0.3) is 0 Å². The molecule has 5 heteroatoms.